The Morgan fingerprint density at radius 1 is 1.38 bits per heavy atom. The summed E-state index contributed by atoms with van der Waals surface area (Å²) in [6, 6.07) is 1.56. The highest BCUT2D eigenvalue weighted by Gasteiger charge is 2.19. The molecule has 16 heavy (non-hydrogen) atoms. The van der Waals surface area contributed by atoms with Crippen molar-refractivity contribution in [1.29, 1.82) is 0 Å². The lowest BCUT2D eigenvalue weighted by Gasteiger charge is -2.08. The van der Waals surface area contributed by atoms with Crippen LogP contribution in [0, 0.1) is 11.6 Å². The Hall–Kier alpha value is -1.20. The number of hydrogen-bond donors (Lipinski definition) is 1. The zero-order valence-electron chi connectivity index (χ0n) is 8.79. The van der Waals surface area contributed by atoms with Gasteiger partial charge in [-0.2, -0.15) is 0 Å². The van der Waals surface area contributed by atoms with Gasteiger partial charge in [0.05, 0.1) is 7.11 Å². The van der Waals surface area contributed by atoms with E-state index < -0.39 is 29.2 Å². The van der Waals surface area contributed by atoms with Crippen LogP contribution in [0.4, 0.5) is 8.78 Å². The lowest BCUT2D eigenvalue weighted by atomic mass is 10.1. The molecule has 0 amide bonds. The van der Waals surface area contributed by atoms with E-state index in [1.54, 1.807) is 6.92 Å². The van der Waals surface area contributed by atoms with E-state index in [1.165, 1.54) is 0 Å². The summed E-state index contributed by atoms with van der Waals surface area (Å²) in [6.07, 6.45) is 0. The first-order valence-corrected chi connectivity index (χ1v) is 4.30. The second kappa shape index (κ2) is 5.77. The van der Waals surface area contributed by atoms with Crippen LogP contribution in [0.5, 0.6) is 0 Å². The average molecular weight is 252 g/mol. The fourth-order valence-corrected chi connectivity index (χ4v) is 1.15. The van der Waals surface area contributed by atoms with E-state index in [-0.39, 0.29) is 18.0 Å². The summed E-state index contributed by atoms with van der Waals surface area (Å²) in [5, 5.41) is 0. The number of ether oxygens (including phenoxy) is 1. The number of esters is 1. The van der Waals surface area contributed by atoms with Crippen LogP contribution in [0.2, 0.25) is 0 Å². The fourth-order valence-electron chi connectivity index (χ4n) is 1.15. The molecule has 0 fully saturated rings. The van der Waals surface area contributed by atoms with Crippen molar-refractivity contribution in [3.05, 3.63) is 34.9 Å². The molecule has 1 atom stereocenters. The Bertz CT molecular complexity index is 373. The summed E-state index contributed by atoms with van der Waals surface area (Å²) in [7, 11) is 1.06. The van der Waals surface area contributed by atoms with E-state index in [0.29, 0.717) is 0 Å². The molecule has 0 aromatic heterocycles. The molecule has 90 valence electrons. The minimum atomic E-state index is -1.04. The van der Waals surface area contributed by atoms with Crippen molar-refractivity contribution in [1.82, 2.24) is 0 Å². The van der Waals surface area contributed by atoms with Gasteiger partial charge in [0.1, 0.15) is 17.2 Å². The summed E-state index contributed by atoms with van der Waals surface area (Å²) in [4.78, 5) is 11.0. The Morgan fingerprint density at radius 2 is 1.81 bits per heavy atom. The van der Waals surface area contributed by atoms with Crippen LogP contribution in [0.1, 0.15) is 28.9 Å². The fraction of sp³-hybridized carbons (Fsp3) is 0.300. The molecule has 3 nitrogen and oxygen atoms in total. The Kier molecular flexibility index (Phi) is 5.33. The van der Waals surface area contributed by atoms with Gasteiger partial charge >= 0.3 is 5.97 Å². The predicted molar refractivity (Wildman–Crippen MR) is 57.5 cm³/mol. The van der Waals surface area contributed by atoms with E-state index >= 15 is 0 Å². The third kappa shape index (κ3) is 2.90. The zero-order valence-corrected chi connectivity index (χ0v) is 9.61. The number of carbonyl (C=O) groups excluding carboxylic acids is 1. The SMILES string of the molecule is COC(=O)c1c(F)cc(C(C)N)cc1F.Cl. The average Bonchev–Trinajstić information content (AvgIpc) is 2.16. The highest BCUT2D eigenvalue weighted by atomic mass is 35.5. The van der Waals surface area contributed by atoms with Gasteiger partial charge in [0.15, 0.2) is 0 Å². The van der Waals surface area contributed by atoms with Gasteiger partial charge in [0.25, 0.3) is 0 Å². The van der Waals surface area contributed by atoms with Crippen LogP contribution in [-0.2, 0) is 4.74 Å². The Labute approximate surface area is 98.0 Å². The predicted octanol–water partition coefficient (Wildman–Crippen LogP) is 2.19. The van der Waals surface area contributed by atoms with Crippen molar-refractivity contribution >= 4 is 18.4 Å². The van der Waals surface area contributed by atoms with E-state index in [1.807, 2.05) is 0 Å². The van der Waals surface area contributed by atoms with Gasteiger partial charge in [-0.25, -0.2) is 13.6 Å². The standard InChI is InChI=1S/C10H11F2NO2.ClH/c1-5(13)6-3-7(11)9(8(12)4-6)10(14)15-2;/h3-5H,13H2,1-2H3;1H. The van der Waals surface area contributed by atoms with Gasteiger partial charge in [-0.05, 0) is 24.6 Å². The van der Waals surface area contributed by atoms with Crippen molar-refractivity contribution in [2.24, 2.45) is 5.73 Å². The normalized spacial score (nSPS) is 11.6. The third-order valence-electron chi connectivity index (χ3n) is 1.98. The second-order valence-electron chi connectivity index (χ2n) is 3.14. The van der Waals surface area contributed by atoms with Crippen LogP contribution in [0.15, 0.2) is 12.1 Å². The quantitative estimate of drug-likeness (QED) is 0.820. The summed E-state index contributed by atoms with van der Waals surface area (Å²) in [5.41, 5.74) is 5.06. The summed E-state index contributed by atoms with van der Waals surface area (Å²) >= 11 is 0. The Balaban J connectivity index is 0.00000225. The van der Waals surface area contributed by atoms with E-state index in [2.05, 4.69) is 4.74 Å². The van der Waals surface area contributed by atoms with Crippen LogP contribution in [0.25, 0.3) is 0 Å². The number of halogens is 3. The maximum atomic E-state index is 13.3. The maximum absolute atomic E-state index is 13.3. The van der Waals surface area contributed by atoms with Crippen LogP contribution < -0.4 is 5.73 Å². The minimum absolute atomic E-state index is 0. The molecule has 2 N–H and O–H groups in total. The molecular weight excluding hydrogens is 240 g/mol. The highest BCUT2D eigenvalue weighted by Crippen LogP contribution is 2.19. The van der Waals surface area contributed by atoms with Crippen molar-refractivity contribution in [3.8, 4) is 0 Å². The molecule has 0 aliphatic heterocycles. The molecular formula is C10H12ClF2NO2. The lowest BCUT2D eigenvalue weighted by Crippen LogP contribution is -2.11. The number of carbonyl (C=O) groups is 1. The summed E-state index contributed by atoms with van der Waals surface area (Å²) in [5.74, 6) is -2.97. The largest absolute Gasteiger partial charge is 0.465 e. The smallest absolute Gasteiger partial charge is 0.343 e. The molecule has 0 aliphatic carbocycles. The number of benzene rings is 1. The summed E-state index contributed by atoms with van der Waals surface area (Å²) < 4.78 is 30.9. The molecule has 0 aliphatic rings. The number of hydrogen-bond acceptors (Lipinski definition) is 3. The molecule has 1 rings (SSSR count). The molecule has 1 aromatic carbocycles. The molecule has 1 unspecified atom stereocenters. The molecule has 0 saturated carbocycles. The first-order valence-electron chi connectivity index (χ1n) is 4.30. The number of methoxy groups -OCH3 is 1. The van der Waals surface area contributed by atoms with Gasteiger partial charge in [0.2, 0.25) is 0 Å². The van der Waals surface area contributed by atoms with Gasteiger partial charge in [-0.3, -0.25) is 0 Å². The van der Waals surface area contributed by atoms with Crippen molar-refractivity contribution in [2.75, 3.05) is 7.11 Å². The van der Waals surface area contributed by atoms with Crippen LogP contribution in [-0.4, -0.2) is 13.1 Å². The molecule has 0 spiro atoms. The third-order valence-corrected chi connectivity index (χ3v) is 1.98. The first-order chi connectivity index (χ1) is 6.97. The highest BCUT2D eigenvalue weighted by molar-refractivity contribution is 5.90. The van der Waals surface area contributed by atoms with Gasteiger partial charge in [0, 0.05) is 6.04 Å². The molecule has 1 aromatic rings. The monoisotopic (exact) mass is 251 g/mol. The number of rotatable bonds is 2. The van der Waals surface area contributed by atoms with E-state index in [9.17, 15) is 13.6 Å². The van der Waals surface area contributed by atoms with Crippen LogP contribution >= 0.6 is 12.4 Å². The molecule has 0 radical (unpaired) electrons. The van der Waals surface area contributed by atoms with Gasteiger partial charge in [-0.1, -0.05) is 0 Å². The van der Waals surface area contributed by atoms with Crippen molar-refractivity contribution in [3.63, 3.8) is 0 Å². The molecule has 0 bridgehead atoms. The van der Waals surface area contributed by atoms with Crippen molar-refractivity contribution in [2.45, 2.75) is 13.0 Å². The second-order valence-corrected chi connectivity index (χ2v) is 3.14. The first kappa shape index (κ1) is 14.8. The topological polar surface area (TPSA) is 52.3 Å². The maximum Gasteiger partial charge on any atom is 0.343 e. The lowest BCUT2D eigenvalue weighted by molar-refractivity contribution is 0.0589. The van der Waals surface area contributed by atoms with Gasteiger partial charge < -0.3 is 10.5 Å². The number of nitrogens with two attached hydrogens (primary N) is 1. The summed E-state index contributed by atoms with van der Waals surface area (Å²) in [6.45, 7) is 1.59. The zero-order chi connectivity index (χ0) is 11.6. The van der Waals surface area contributed by atoms with Gasteiger partial charge in [-0.15, -0.1) is 12.4 Å². The molecule has 0 heterocycles. The van der Waals surface area contributed by atoms with Crippen molar-refractivity contribution < 1.29 is 18.3 Å². The molecule has 6 heteroatoms. The van der Waals surface area contributed by atoms with Crippen LogP contribution in [0.3, 0.4) is 0 Å². The molecule has 0 saturated heterocycles. The van der Waals surface area contributed by atoms with E-state index in [0.717, 1.165) is 19.2 Å². The van der Waals surface area contributed by atoms with E-state index in [4.69, 9.17) is 5.73 Å². The minimum Gasteiger partial charge on any atom is -0.465 e. The Morgan fingerprint density at radius 3 is 2.12 bits per heavy atom.